The summed E-state index contributed by atoms with van der Waals surface area (Å²) >= 11 is 0. The molecule has 10 nitrogen and oxygen atoms in total. The number of alkyl halides is 1. The Labute approximate surface area is 224 Å². The SMILES string of the molecule is NC[C@H](NC(=O)c1ccc(C#Cc2ccc(NC(=O)CNCc3cccc(OCF)c3)cc2)cc1)C(=O)NO. The van der Waals surface area contributed by atoms with Crippen molar-refractivity contribution in [3.05, 3.63) is 95.1 Å². The highest BCUT2D eigenvalue weighted by Crippen LogP contribution is 2.13. The molecular formula is C28H28FN5O5. The quantitative estimate of drug-likeness (QED) is 0.124. The summed E-state index contributed by atoms with van der Waals surface area (Å²) in [5.41, 5.74) is 10.1. The number of nitrogens with one attached hydrogen (secondary N) is 4. The molecule has 0 aliphatic carbocycles. The Hall–Kier alpha value is -4.76. The third kappa shape index (κ3) is 9.24. The highest BCUT2D eigenvalue weighted by Gasteiger charge is 2.19. The van der Waals surface area contributed by atoms with Gasteiger partial charge in [0.05, 0.1) is 6.54 Å². The number of nitrogens with two attached hydrogens (primary N) is 1. The topological polar surface area (TPSA) is 155 Å². The average Bonchev–Trinajstić information content (AvgIpc) is 2.95. The van der Waals surface area contributed by atoms with Crippen molar-refractivity contribution < 1.29 is 28.7 Å². The van der Waals surface area contributed by atoms with E-state index in [9.17, 15) is 18.8 Å². The molecule has 1 atom stereocenters. The minimum Gasteiger partial charge on any atom is -0.463 e. The van der Waals surface area contributed by atoms with Gasteiger partial charge in [-0.05, 0) is 66.2 Å². The number of rotatable bonds is 11. The van der Waals surface area contributed by atoms with Gasteiger partial charge in [-0.1, -0.05) is 24.0 Å². The zero-order valence-corrected chi connectivity index (χ0v) is 20.9. The monoisotopic (exact) mass is 533 g/mol. The van der Waals surface area contributed by atoms with Crippen molar-refractivity contribution in [2.75, 3.05) is 25.3 Å². The number of hydroxylamine groups is 1. The van der Waals surface area contributed by atoms with Gasteiger partial charge in [-0.2, -0.15) is 0 Å². The summed E-state index contributed by atoms with van der Waals surface area (Å²) in [6, 6.07) is 19.4. The Bertz CT molecular complexity index is 1340. The molecule has 0 radical (unpaired) electrons. The van der Waals surface area contributed by atoms with E-state index in [1.165, 1.54) is 5.48 Å². The molecule has 0 bridgehead atoms. The molecule has 11 heteroatoms. The second kappa shape index (κ2) is 14.8. The van der Waals surface area contributed by atoms with Gasteiger partial charge >= 0.3 is 0 Å². The number of amides is 3. The van der Waals surface area contributed by atoms with Crippen LogP contribution in [0.5, 0.6) is 5.75 Å². The highest BCUT2D eigenvalue weighted by molar-refractivity contribution is 5.97. The molecule has 39 heavy (non-hydrogen) atoms. The Morgan fingerprint density at radius 1 is 0.974 bits per heavy atom. The first-order chi connectivity index (χ1) is 18.9. The summed E-state index contributed by atoms with van der Waals surface area (Å²) in [4.78, 5) is 36.0. The van der Waals surface area contributed by atoms with Crippen LogP contribution in [0.1, 0.15) is 27.0 Å². The first-order valence-electron chi connectivity index (χ1n) is 11.9. The largest absolute Gasteiger partial charge is 0.463 e. The molecule has 0 aliphatic rings. The maximum Gasteiger partial charge on any atom is 0.267 e. The van der Waals surface area contributed by atoms with Crippen molar-refractivity contribution in [3.63, 3.8) is 0 Å². The minimum atomic E-state index is -1.06. The van der Waals surface area contributed by atoms with Crippen LogP contribution in [-0.2, 0) is 16.1 Å². The summed E-state index contributed by atoms with van der Waals surface area (Å²) in [5.74, 6) is 4.90. The summed E-state index contributed by atoms with van der Waals surface area (Å²) < 4.78 is 17.1. The average molecular weight is 534 g/mol. The van der Waals surface area contributed by atoms with E-state index >= 15 is 0 Å². The second-order valence-electron chi connectivity index (χ2n) is 8.20. The number of carbonyl (C=O) groups is 3. The Kier molecular flexibility index (Phi) is 11.0. The predicted molar refractivity (Wildman–Crippen MR) is 142 cm³/mol. The van der Waals surface area contributed by atoms with Gasteiger partial charge in [0, 0.05) is 35.5 Å². The van der Waals surface area contributed by atoms with E-state index in [0.29, 0.717) is 29.1 Å². The summed E-state index contributed by atoms with van der Waals surface area (Å²) in [5, 5.41) is 17.0. The molecule has 0 aliphatic heterocycles. The number of halogens is 1. The van der Waals surface area contributed by atoms with Crippen LogP contribution in [0.2, 0.25) is 0 Å². The van der Waals surface area contributed by atoms with Gasteiger partial charge in [0.15, 0.2) is 0 Å². The molecule has 3 rings (SSSR count). The molecule has 7 N–H and O–H groups in total. The van der Waals surface area contributed by atoms with Crippen LogP contribution in [-0.4, -0.2) is 48.9 Å². The Morgan fingerprint density at radius 2 is 1.64 bits per heavy atom. The maximum atomic E-state index is 12.3. The number of benzene rings is 3. The fourth-order valence-corrected chi connectivity index (χ4v) is 3.37. The molecule has 0 spiro atoms. The van der Waals surface area contributed by atoms with E-state index in [4.69, 9.17) is 15.7 Å². The number of carbonyl (C=O) groups excluding carboxylic acids is 3. The van der Waals surface area contributed by atoms with E-state index in [-0.39, 0.29) is 19.0 Å². The molecule has 0 saturated carbocycles. The van der Waals surface area contributed by atoms with Crippen molar-refractivity contribution >= 4 is 23.4 Å². The van der Waals surface area contributed by atoms with Crippen LogP contribution < -0.4 is 31.9 Å². The molecule has 0 heterocycles. The Morgan fingerprint density at radius 3 is 2.26 bits per heavy atom. The zero-order chi connectivity index (χ0) is 28.0. The molecule has 202 valence electrons. The molecule has 3 aromatic carbocycles. The van der Waals surface area contributed by atoms with Crippen LogP contribution >= 0.6 is 0 Å². The van der Waals surface area contributed by atoms with Crippen LogP contribution in [0.15, 0.2) is 72.8 Å². The highest BCUT2D eigenvalue weighted by atomic mass is 19.1. The second-order valence-corrected chi connectivity index (χ2v) is 8.20. The van der Waals surface area contributed by atoms with Gasteiger partial charge in [0.2, 0.25) is 12.8 Å². The van der Waals surface area contributed by atoms with Gasteiger partial charge in [0.1, 0.15) is 11.8 Å². The number of ether oxygens (including phenoxy) is 1. The molecule has 0 saturated heterocycles. The van der Waals surface area contributed by atoms with Gasteiger partial charge in [-0.25, -0.2) is 9.87 Å². The first-order valence-corrected chi connectivity index (χ1v) is 11.9. The summed E-state index contributed by atoms with van der Waals surface area (Å²) in [6.07, 6.45) is 0. The van der Waals surface area contributed by atoms with E-state index in [2.05, 4.69) is 27.8 Å². The van der Waals surface area contributed by atoms with Gasteiger partial charge in [-0.15, -0.1) is 0 Å². The van der Waals surface area contributed by atoms with Crippen molar-refractivity contribution in [1.82, 2.24) is 16.1 Å². The predicted octanol–water partition coefficient (Wildman–Crippen LogP) is 1.68. The zero-order valence-electron chi connectivity index (χ0n) is 20.9. The fraction of sp³-hybridized carbons (Fsp3) is 0.179. The smallest absolute Gasteiger partial charge is 0.267 e. The number of anilines is 1. The normalized spacial score (nSPS) is 10.9. The van der Waals surface area contributed by atoms with Crippen LogP contribution in [0.4, 0.5) is 10.1 Å². The summed E-state index contributed by atoms with van der Waals surface area (Å²) in [6.45, 7) is -0.559. The number of hydrogen-bond acceptors (Lipinski definition) is 7. The van der Waals surface area contributed by atoms with Gasteiger partial charge < -0.3 is 26.4 Å². The molecule has 0 unspecified atom stereocenters. The van der Waals surface area contributed by atoms with Crippen molar-refractivity contribution in [2.45, 2.75) is 12.6 Å². The standard InChI is InChI=1S/C28H28FN5O5/c29-18-39-24-3-1-2-21(14-24)16-31-17-26(35)32-23-12-8-20(9-13-23)5-4-19-6-10-22(11-7-19)27(36)33-25(15-30)28(37)34-38/h1-3,6-14,25,31,38H,15-18,30H2,(H,32,35)(H,33,36)(H,34,37)/t25-/m0/s1. The molecule has 3 aromatic rings. The Balaban J connectivity index is 1.48. The fourth-order valence-electron chi connectivity index (χ4n) is 3.37. The third-order valence-electron chi connectivity index (χ3n) is 5.37. The van der Waals surface area contributed by atoms with Crippen molar-refractivity contribution in [2.24, 2.45) is 5.73 Å². The van der Waals surface area contributed by atoms with Crippen LogP contribution in [0.3, 0.4) is 0 Å². The summed E-state index contributed by atoms with van der Waals surface area (Å²) in [7, 11) is 0. The maximum absolute atomic E-state index is 12.3. The van der Waals surface area contributed by atoms with Crippen molar-refractivity contribution in [1.29, 1.82) is 0 Å². The molecule has 0 aromatic heterocycles. The first kappa shape index (κ1) is 28.8. The lowest BCUT2D eigenvalue weighted by atomic mass is 10.1. The lowest BCUT2D eigenvalue weighted by Gasteiger charge is -2.14. The van der Waals surface area contributed by atoms with E-state index in [1.54, 1.807) is 66.7 Å². The van der Waals surface area contributed by atoms with Gasteiger partial charge in [0.25, 0.3) is 11.8 Å². The minimum absolute atomic E-state index is 0.0886. The van der Waals surface area contributed by atoms with E-state index in [1.807, 2.05) is 6.07 Å². The molecule has 0 fully saturated rings. The lowest BCUT2D eigenvalue weighted by molar-refractivity contribution is -0.130. The van der Waals surface area contributed by atoms with Crippen LogP contribution in [0, 0.1) is 11.8 Å². The molecular weight excluding hydrogens is 505 g/mol. The lowest BCUT2D eigenvalue weighted by Crippen LogP contribution is -2.50. The molecule has 3 amide bonds. The number of hydrogen-bond donors (Lipinski definition) is 6. The van der Waals surface area contributed by atoms with E-state index < -0.39 is 24.7 Å². The third-order valence-corrected chi connectivity index (χ3v) is 5.37. The van der Waals surface area contributed by atoms with Gasteiger partial charge in [-0.3, -0.25) is 19.6 Å². The van der Waals surface area contributed by atoms with Crippen LogP contribution in [0.25, 0.3) is 0 Å². The van der Waals surface area contributed by atoms with Crippen molar-refractivity contribution in [3.8, 4) is 17.6 Å². The van der Waals surface area contributed by atoms with E-state index in [0.717, 1.165) is 11.1 Å².